The molecular weight excluding hydrogens is 323 g/mol. The minimum atomic E-state index is 0.204. The Kier molecular flexibility index (Phi) is 4.00. The average Bonchev–Trinajstić information content (AvgIpc) is 2.97. The Morgan fingerprint density at radius 1 is 1.29 bits per heavy atom. The molecular formula is C16H16Cl2N2S. The molecule has 1 atom stereocenters. The first-order chi connectivity index (χ1) is 10.0. The number of aromatic nitrogens is 2. The molecule has 0 aliphatic carbocycles. The lowest BCUT2D eigenvalue weighted by Crippen LogP contribution is -2.10. The van der Waals surface area contributed by atoms with Gasteiger partial charge in [0, 0.05) is 14.8 Å². The van der Waals surface area contributed by atoms with Crippen LogP contribution in [0.25, 0.3) is 11.0 Å². The van der Waals surface area contributed by atoms with E-state index in [1.54, 1.807) is 0 Å². The van der Waals surface area contributed by atoms with Crippen molar-refractivity contribution >= 4 is 45.6 Å². The SMILES string of the molecule is Cc1cc(C(C)n2c(CCl)nc3cc(Cl)ccc32)c(C)s1. The molecule has 1 unspecified atom stereocenters. The molecule has 0 spiro atoms. The van der Waals surface area contributed by atoms with Gasteiger partial charge in [0.1, 0.15) is 5.82 Å². The lowest BCUT2D eigenvalue weighted by atomic mass is 10.1. The lowest BCUT2D eigenvalue weighted by Gasteiger charge is -2.17. The van der Waals surface area contributed by atoms with Crippen LogP contribution in [0, 0.1) is 13.8 Å². The normalized spacial score (nSPS) is 13.0. The van der Waals surface area contributed by atoms with Gasteiger partial charge in [-0.2, -0.15) is 0 Å². The van der Waals surface area contributed by atoms with Crippen molar-refractivity contribution in [2.45, 2.75) is 32.7 Å². The van der Waals surface area contributed by atoms with Crippen molar-refractivity contribution in [3.63, 3.8) is 0 Å². The van der Waals surface area contributed by atoms with E-state index >= 15 is 0 Å². The van der Waals surface area contributed by atoms with Crippen molar-refractivity contribution in [3.8, 4) is 0 Å². The van der Waals surface area contributed by atoms with Crippen molar-refractivity contribution in [1.82, 2.24) is 9.55 Å². The highest BCUT2D eigenvalue weighted by atomic mass is 35.5. The Hall–Kier alpha value is -1.03. The summed E-state index contributed by atoms with van der Waals surface area (Å²) in [7, 11) is 0. The van der Waals surface area contributed by atoms with Gasteiger partial charge in [0.15, 0.2) is 0 Å². The molecule has 5 heteroatoms. The van der Waals surface area contributed by atoms with Gasteiger partial charge < -0.3 is 4.57 Å². The molecule has 3 rings (SSSR count). The summed E-state index contributed by atoms with van der Waals surface area (Å²) in [6.45, 7) is 6.50. The molecule has 3 aromatic rings. The summed E-state index contributed by atoms with van der Waals surface area (Å²) in [5, 5.41) is 0.698. The molecule has 110 valence electrons. The van der Waals surface area contributed by atoms with E-state index in [1.165, 1.54) is 15.3 Å². The predicted molar refractivity (Wildman–Crippen MR) is 91.9 cm³/mol. The van der Waals surface area contributed by atoms with E-state index in [9.17, 15) is 0 Å². The average molecular weight is 339 g/mol. The second-order valence-electron chi connectivity index (χ2n) is 5.21. The van der Waals surface area contributed by atoms with Crippen LogP contribution in [0.4, 0.5) is 0 Å². The monoisotopic (exact) mass is 338 g/mol. The number of fused-ring (bicyclic) bond motifs is 1. The van der Waals surface area contributed by atoms with Crippen LogP contribution in [-0.4, -0.2) is 9.55 Å². The fourth-order valence-electron chi connectivity index (χ4n) is 2.85. The lowest BCUT2D eigenvalue weighted by molar-refractivity contribution is 0.633. The number of imidazole rings is 1. The van der Waals surface area contributed by atoms with Crippen LogP contribution in [0.1, 0.15) is 34.1 Å². The van der Waals surface area contributed by atoms with Crippen LogP contribution in [-0.2, 0) is 5.88 Å². The van der Waals surface area contributed by atoms with Crippen LogP contribution < -0.4 is 0 Å². The van der Waals surface area contributed by atoms with Gasteiger partial charge in [0.2, 0.25) is 0 Å². The molecule has 0 aliphatic heterocycles. The van der Waals surface area contributed by atoms with Gasteiger partial charge in [0.25, 0.3) is 0 Å². The van der Waals surface area contributed by atoms with E-state index in [0.29, 0.717) is 10.9 Å². The van der Waals surface area contributed by atoms with Crippen LogP contribution in [0.3, 0.4) is 0 Å². The van der Waals surface area contributed by atoms with Gasteiger partial charge in [-0.3, -0.25) is 0 Å². The quantitative estimate of drug-likeness (QED) is 0.558. The highest BCUT2D eigenvalue weighted by molar-refractivity contribution is 7.12. The van der Waals surface area contributed by atoms with Gasteiger partial charge in [-0.15, -0.1) is 22.9 Å². The molecule has 0 bridgehead atoms. The van der Waals surface area contributed by atoms with Gasteiger partial charge in [-0.05, 0) is 50.6 Å². The Bertz CT molecular complexity index is 804. The summed E-state index contributed by atoms with van der Waals surface area (Å²) >= 11 is 14.0. The van der Waals surface area contributed by atoms with Crippen molar-refractivity contribution in [2.24, 2.45) is 0 Å². The van der Waals surface area contributed by atoms with Crippen molar-refractivity contribution in [3.05, 3.63) is 50.4 Å². The third kappa shape index (κ3) is 2.59. The van der Waals surface area contributed by atoms with E-state index in [4.69, 9.17) is 23.2 Å². The Morgan fingerprint density at radius 2 is 2.05 bits per heavy atom. The van der Waals surface area contributed by atoms with Gasteiger partial charge in [-0.1, -0.05) is 11.6 Å². The van der Waals surface area contributed by atoms with Crippen LogP contribution >= 0.6 is 34.5 Å². The summed E-state index contributed by atoms with van der Waals surface area (Å²) in [4.78, 5) is 7.30. The molecule has 0 amide bonds. The number of alkyl halides is 1. The number of rotatable bonds is 3. The number of nitrogens with zero attached hydrogens (tertiary/aromatic N) is 2. The highest BCUT2D eigenvalue weighted by Gasteiger charge is 2.19. The summed E-state index contributed by atoms with van der Waals surface area (Å²) in [6, 6.07) is 8.27. The van der Waals surface area contributed by atoms with Crippen molar-refractivity contribution in [2.75, 3.05) is 0 Å². The molecule has 0 fully saturated rings. The second-order valence-corrected chi connectivity index (χ2v) is 7.37. The molecule has 2 heterocycles. The Balaban J connectivity index is 2.20. The number of hydrogen-bond acceptors (Lipinski definition) is 2. The molecule has 2 nitrogen and oxygen atoms in total. The third-order valence-corrected chi connectivity index (χ3v) is 5.22. The molecule has 0 aliphatic rings. The van der Waals surface area contributed by atoms with E-state index in [-0.39, 0.29) is 6.04 Å². The van der Waals surface area contributed by atoms with Gasteiger partial charge in [-0.25, -0.2) is 4.98 Å². The van der Waals surface area contributed by atoms with E-state index in [0.717, 1.165) is 16.9 Å². The molecule has 0 N–H and O–H groups in total. The molecule has 0 saturated heterocycles. The zero-order valence-corrected chi connectivity index (χ0v) is 14.5. The maximum absolute atomic E-state index is 6.11. The van der Waals surface area contributed by atoms with Crippen LogP contribution in [0.5, 0.6) is 0 Å². The minimum absolute atomic E-state index is 0.204. The van der Waals surface area contributed by atoms with Crippen molar-refractivity contribution in [1.29, 1.82) is 0 Å². The van der Waals surface area contributed by atoms with Crippen LogP contribution in [0.15, 0.2) is 24.3 Å². The fourth-order valence-corrected chi connectivity index (χ4v) is 4.22. The maximum Gasteiger partial charge on any atom is 0.125 e. The van der Waals surface area contributed by atoms with Gasteiger partial charge >= 0.3 is 0 Å². The fraction of sp³-hybridized carbons (Fsp3) is 0.312. The number of benzene rings is 1. The topological polar surface area (TPSA) is 17.8 Å². The first-order valence-corrected chi connectivity index (χ1v) is 8.53. The van der Waals surface area contributed by atoms with E-state index < -0.39 is 0 Å². The minimum Gasteiger partial charge on any atom is -0.320 e. The Labute approximate surface area is 138 Å². The zero-order chi connectivity index (χ0) is 15.1. The summed E-state index contributed by atoms with van der Waals surface area (Å²) in [6.07, 6.45) is 0. The number of thiophene rings is 1. The number of hydrogen-bond donors (Lipinski definition) is 0. The largest absolute Gasteiger partial charge is 0.320 e. The van der Waals surface area contributed by atoms with Crippen LogP contribution in [0.2, 0.25) is 5.02 Å². The van der Waals surface area contributed by atoms with Crippen molar-refractivity contribution < 1.29 is 0 Å². The van der Waals surface area contributed by atoms with Gasteiger partial charge in [0.05, 0.1) is 23.0 Å². The summed E-state index contributed by atoms with van der Waals surface area (Å²) < 4.78 is 2.22. The smallest absolute Gasteiger partial charge is 0.125 e. The third-order valence-electron chi connectivity index (χ3n) is 3.76. The predicted octanol–water partition coefficient (Wildman–Crippen LogP) is 5.72. The number of aryl methyl sites for hydroxylation is 2. The molecule has 0 radical (unpaired) electrons. The second kappa shape index (κ2) is 5.64. The summed E-state index contributed by atoms with van der Waals surface area (Å²) in [5.41, 5.74) is 3.30. The number of halogens is 2. The Morgan fingerprint density at radius 3 is 2.67 bits per heavy atom. The molecule has 2 aromatic heterocycles. The zero-order valence-electron chi connectivity index (χ0n) is 12.2. The first kappa shape index (κ1) is 14.9. The molecule has 0 saturated carbocycles. The summed E-state index contributed by atoms with van der Waals surface area (Å²) in [5.74, 6) is 1.27. The van der Waals surface area contributed by atoms with E-state index in [1.807, 2.05) is 29.5 Å². The molecule has 21 heavy (non-hydrogen) atoms. The molecule has 1 aromatic carbocycles. The standard InChI is InChI=1S/C16H16Cl2N2S/c1-9-6-13(11(3)21-9)10(2)20-15-5-4-12(18)7-14(15)19-16(20)8-17/h4-7,10H,8H2,1-3H3. The highest BCUT2D eigenvalue weighted by Crippen LogP contribution is 2.33. The maximum atomic E-state index is 6.11. The first-order valence-electron chi connectivity index (χ1n) is 6.80. The van der Waals surface area contributed by atoms with E-state index in [2.05, 4.69) is 36.4 Å².